The van der Waals surface area contributed by atoms with E-state index in [0.717, 1.165) is 9.78 Å². The summed E-state index contributed by atoms with van der Waals surface area (Å²) >= 11 is 1.56. The predicted molar refractivity (Wildman–Crippen MR) is 108 cm³/mol. The molecular formula is C21H21N3O4S. The summed E-state index contributed by atoms with van der Waals surface area (Å²) in [5, 5.41) is 1.95. The average Bonchev–Trinajstić information content (AvgIpc) is 3.21. The van der Waals surface area contributed by atoms with Gasteiger partial charge in [-0.25, -0.2) is 0 Å². The minimum Gasteiger partial charge on any atom is -0.341 e. The first-order chi connectivity index (χ1) is 14.0. The molecule has 2 aliphatic heterocycles. The van der Waals surface area contributed by atoms with E-state index in [9.17, 15) is 19.2 Å². The number of amides is 4. The Morgan fingerprint density at radius 3 is 2.03 bits per heavy atom. The Balaban J connectivity index is 1.35. The van der Waals surface area contributed by atoms with Gasteiger partial charge < -0.3 is 9.80 Å². The molecule has 1 saturated heterocycles. The molecule has 0 bridgehead atoms. The normalized spacial score (nSPS) is 16.8. The van der Waals surface area contributed by atoms with Crippen molar-refractivity contribution in [2.75, 3.05) is 32.7 Å². The smallest absolute Gasteiger partial charge is 0.262 e. The number of hydrogen-bond donors (Lipinski definition) is 0. The van der Waals surface area contributed by atoms with Gasteiger partial charge >= 0.3 is 0 Å². The van der Waals surface area contributed by atoms with Crippen LogP contribution < -0.4 is 0 Å². The third-order valence-corrected chi connectivity index (χ3v) is 6.15. The number of carbonyl (C=O) groups is 4. The molecule has 7 nitrogen and oxygen atoms in total. The summed E-state index contributed by atoms with van der Waals surface area (Å²) < 4.78 is 0. The molecule has 1 aromatic heterocycles. The van der Waals surface area contributed by atoms with Crippen molar-refractivity contribution in [1.82, 2.24) is 14.7 Å². The molecule has 1 fully saturated rings. The van der Waals surface area contributed by atoms with Gasteiger partial charge in [-0.2, -0.15) is 0 Å². The number of thiophene rings is 1. The Kier molecular flexibility index (Phi) is 5.44. The molecule has 3 heterocycles. The molecule has 2 aliphatic rings. The zero-order chi connectivity index (χ0) is 20.4. The summed E-state index contributed by atoms with van der Waals surface area (Å²) in [7, 11) is 0. The fourth-order valence-corrected chi connectivity index (χ4v) is 4.40. The number of hydrogen-bond acceptors (Lipinski definition) is 5. The van der Waals surface area contributed by atoms with E-state index in [1.165, 1.54) is 0 Å². The van der Waals surface area contributed by atoms with Crippen molar-refractivity contribution in [3.05, 3.63) is 57.8 Å². The summed E-state index contributed by atoms with van der Waals surface area (Å²) in [6.07, 6.45) is 1.05. The first-order valence-corrected chi connectivity index (χ1v) is 10.5. The molecule has 2 aromatic rings. The minimum atomic E-state index is -0.429. The van der Waals surface area contributed by atoms with Gasteiger partial charge in [-0.1, -0.05) is 18.2 Å². The van der Waals surface area contributed by atoms with Crippen molar-refractivity contribution in [3.8, 4) is 0 Å². The molecule has 0 radical (unpaired) electrons. The van der Waals surface area contributed by atoms with Crippen molar-refractivity contribution < 1.29 is 19.2 Å². The van der Waals surface area contributed by atoms with Crippen LogP contribution in [0.4, 0.5) is 0 Å². The topological polar surface area (TPSA) is 78.0 Å². The highest BCUT2D eigenvalue weighted by Crippen LogP contribution is 2.22. The third-order valence-electron chi connectivity index (χ3n) is 5.28. The maximum absolute atomic E-state index is 12.8. The van der Waals surface area contributed by atoms with E-state index in [2.05, 4.69) is 0 Å². The highest BCUT2D eigenvalue weighted by Gasteiger charge is 2.37. The average molecular weight is 411 g/mol. The molecule has 4 rings (SSSR count). The Hall–Kier alpha value is -3.00. The molecule has 8 heteroatoms. The number of nitrogens with zero attached hydrogens (tertiary/aromatic N) is 3. The second-order valence-electron chi connectivity index (χ2n) is 7.11. The van der Waals surface area contributed by atoms with Crippen LogP contribution in [0, 0.1) is 0 Å². The summed E-state index contributed by atoms with van der Waals surface area (Å²) in [5.41, 5.74) is 0.679. The summed E-state index contributed by atoms with van der Waals surface area (Å²) in [5.74, 6) is -1.07. The van der Waals surface area contributed by atoms with Crippen LogP contribution in [0.15, 0.2) is 41.8 Å². The van der Waals surface area contributed by atoms with Gasteiger partial charge in [-0.15, -0.1) is 11.3 Å². The fraction of sp³-hybridized carbons (Fsp3) is 0.333. The van der Waals surface area contributed by atoms with Crippen LogP contribution in [-0.4, -0.2) is 71.1 Å². The number of carbonyl (C=O) groups excluding carboxylic acids is 4. The van der Waals surface area contributed by atoms with Crippen LogP contribution in [0.25, 0.3) is 0 Å². The molecule has 1 aromatic carbocycles. The maximum Gasteiger partial charge on any atom is 0.262 e. The summed E-state index contributed by atoms with van der Waals surface area (Å²) in [4.78, 5) is 55.7. The molecule has 0 atom stereocenters. The van der Waals surface area contributed by atoms with Gasteiger partial charge in [-0.3, -0.25) is 24.1 Å². The number of rotatable bonds is 4. The van der Waals surface area contributed by atoms with E-state index in [1.807, 2.05) is 17.5 Å². The van der Waals surface area contributed by atoms with Crippen molar-refractivity contribution in [1.29, 1.82) is 0 Å². The van der Waals surface area contributed by atoms with E-state index >= 15 is 0 Å². The first kappa shape index (κ1) is 19.3. The lowest BCUT2D eigenvalue weighted by atomic mass is 10.1. The third kappa shape index (κ3) is 3.93. The maximum atomic E-state index is 12.8. The molecular weight excluding hydrogens is 390 g/mol. The van der Waals surface area contributed by atoms with Gasteiger partial charge in [0, 0.05) is 31.1 Å². The van der Waals surface area contributed by atoms with E-state index in [1.54, 1.807) is 45.4 Å². The van der Waals surface area contributed by atoms with Crippen molar-refractivity contribution in [2.45, 2.75) is 12.8 Å². The lowest BCUT2D eigenvalue weighted by Crippen LogP contribution is -2.44. The van der Waals surface area contributed by atoms with Crippen LogP contribution >= 0.6 is 11.3 Å². The van der Waals surface area contributed by atoms with Crippen molar-refractivity contribution in [2.24, 2.45) is 0 Å². The highest BCUT2D eigenvalue weighted by molar-refractivity contribution is 7.10. The van der Waals surface area contributed by atoms with Crippen molar-refractivity contribution in [3.63, 3.8) is 0 Å². The molecule has 150 valence electrons. The number of fused-ring (bicyclic) bond motifs is 1. The molecule has 0 N–H and O–H groups in total. The van der Waals surface area contributed by atoms with E-state index in [-0.39, 0.29) is 18.4 Å². The van der Waals surface area contributed by atoms with E-state index in [4.69, 9.17) is 0 Å². The van der Waals surface area contributed by atoms with E-state index in [0.29, 0.717) is 50.1 Å². The molecule has 0 spiro atoms. The largest absolute Gasteiger partial charge is 0.341 e. The lowest BCUT2D eigenvalue weighted by molar-refractivity contribution is -0.133. The zero-order valence-corrected chi connectivity index (χ0v) is 16.7. The Labute approximate surface area is 172 Å². The van der Waals surface area contributed by atoms with Crippen LogP contribution in [0.5, 0.6) is 0 Å². The second kappa shape index (κ2) is 8.16. The Bertz CT molecular complexity index is 922. The lowest BCUT2D eigenvalue weighted by Gasteiger charge is -2.24. The SMILES string of the molecule is O=C(Cc1cccs1)N1CCCN(C(=O)CN2C(=O)c3ccccc3C2=O)CC1. The standard InChI is InChI=1S/C21H21N3O4S/c25-18(13-15-5-3-12-29-15)22-8-4-9-23(11-10-22)19(26)14-24-20(27)16-6-1-2-7-17(16)21(24)28/h1-3,5-7,12H,4,8-11,13-14H2. The van der Waals surface area contributed by atoms with E-state index < -0.39 is 11.8 Å². The molecule has 4 amide bonds. The fourth-order valence-electron chi connectivity index (χ4n) is 3.71. The van der Waals surface area contributed by atoms with Gasteiger partial charge in [0.15, 0.2) is 0 Å². The Morgan fingerprint density at radius 2 is 1.45 bits per heavy atom. The summed E-state index contributed by atoms with van der Waals surface area (Å²) in [6, 6.07) is 10.5. The van der Waals surface area contributed by atoms with Gasteiger partial charge in [0.25, 0.3) is 11.8 Å². The van der Waals surface area contributed by atoms with Crippen LogP contribution in [0.1, 0.15) is 32.0 Å². The predicted octanol–water partition coefficient (Wildman–Crippen LogP) is 1.65. The molecule has 0 unspecified atom stereocenters. The zero-order valence-electron chi connectivity index (χ0n) is 15.9. The van der Waals surface area contributed by atoms with Crippen LogP contribution in [-0.2, 0) is 16.0 Å². The summed E-state index contributed by atoms with van der Waals surface area (Å²) in [6.45, 7) is 1.69. The van der Waals surface area contributed by atoms with Gasteiger partial charge in [0.05, 0.1) is 17.5 Å². The molecule has 0 aliphatic carbocycles. The molecule has 0 saturated carbocycles. The Morgan fingerprint density at radius 1 is 0.828 bits per heavy atom. The van der Waals surface area contributed by atoms with Gasteiger partial charge in [0.1, 0.15) is 6.54 Å². The quantitative estimate of drug-likeness (QED) is 0.717. The van der Waals surface area contributed by atoms with Gasteiger partial charge in [-0.05, 0) is 30.0 Å². The highest BCUT2D eigenvalue weighted by atomic mass is 32.1. The van der Waals surface area contributed by atoms with Gasteiger partial charge in [0.2, 0.25) is 11.8 Å². The number of benzene rings is 1. The molecule has 29 heavy (non-hydrogen) atoms. The first-order valence-electron chi connectivity index (χ1n) is 9.58. The van der Waals surface area contributed by atoms with Crippen LogP contribution in [0.2, 0.25) is 0 Å². The van der Waals surface area contributed by atoms with Crippen molar-refractivity contribution >= 4 is 35.0 Å². The number of imide groups is 1. The van der Waals surface area contributed by atoms with Crippen LogP contribution in [0.3, 0.4) is 0 Å². The monoisotopic (exact) mass is 411 g/mol. The minimum absolute atomic E-state index is 0.0575. The second-order valence-corrected chi connectivity index (χ2v) is 8.15.